The van der Waals surface area contributed by atoms with Gasteiger partial charge in [0.15, 0.2) is 0 Å². The smallest absolute Gasteiger partial charge is 0.319 e. The lowest BCUT2D eigenvalue weighted by atomic mass is 10.2. The number of ether oxygens (including phenoxy) is 1. The van der Waals surface area contributed by atoms with E-state index in [2.05, 4.69) is 26.6 Å². The minimum Gasteiger partial charge on any atom is -0.497 e. The summed E-state index contributed by atoms with van der Waals surface area (Å²) in [5.41, 5.74) is 0.719. The van der Waals surface area contributed by atoms with Crippen LogP contribution in [0.2, 0.25) is 0 Å². The molecule has 0 unspecified atom stereocenters. The number of rotatable bonds is 3. The van der Waals surface area contributed by atoms with Crippen molar-refractivity contribution in [3.63, 3.8) is 0 Å². The van der Waals surface area contributed by atoms with Crippen molar-refractivity contribution in [2.45, 2.75) is 31.7 Å². The highest BCUT2D eigenvalue weighted by atomic mass is 79.9. The van der Waals surface area contributed by atoms with Gasteiger partial charge < -0.3 is 15.4 Å². The lowest BCUT2D eigenvalue weighted by Crippen LogP contribution is -2.36. The number of anilines is 1. The van der Waals surface area contributed by atoms with Gasteiger partial charge in [0, 0.05) is 22.3 Å². The molecule has 0 atom stereocenters. The van der Waals surface area contributed by atoms with Gasteiger partial charge in [0.1, 0.15) is 5.75 Å². The summed E-state index contributed by atoms with van der Waals surface area (Å²) in [6.07, 6.45) is 4.57. The van der Waals surface area contributed by atoms with Gasteiger partial charge >= 0.3 is 6.03 Å². The van der Waals surface area contributed by atoms with Gasteiger partial charge in [0.2, 0.25) is 0 Å². The largest absolute Gasteiger partial charge is 0.497 e. The fourth-order valence-corrected chi connectivity index (χ4v) is 2.65. The van der Waals surface area contributed by atoms with Gasteiger partial charge in [-0.2, -0.15) is 0 Å². The maximum atomic E-state index is 11.8. The highest BCUT2D eigenvalue weighted by Gasteiger charge is 2.17. The Hall–Kier alpha value is -1.23. The zero-order valence-electron chi connectivity index (χ0n) is 10.3. The molecule has 4 nitrogen and oxygen atoms in total. The molecular weight excluding hydrogens is 296 g/mol. The lowest BCUT2D eigenvalue weighted by molar-refractivity contribution is 0.248. The molecule has 1 aromatic rings. The van der Waals surface area contributed by atoms with Crippen LogP contribution < -0.4 is 15.4 Å². The molecule has 18 heavy (non-hydrogen) atoms. The zero-order chi connectivity index (χ0) is 13.0. The van der Waals surface area contributed by atoms with E-state index in [1.54, 1.807) is 13.2 Å². The first-order chi connectivity index (χ1) is 8.67. The van der Waals surface area contributed by atoms with Crippen LogP contribution in [0.4, 0.5) is 10.5 Å². The molecule has 1 aromatic carbocycles. The number of benzene rings is 1. The van der Waals surface area contributed by atoms with Gasteiger partial charge in [0.05, 0.1) is 7.11 Å². The number of hydrogen-bond acceptors (Lipinski definition) is 2. The maximum Gasteiger partial charge on any atom is 0.319 e. The van der Waals surface area contributed by atoms with E-state index < -0.39 is 0 Å². The van der Waals surface area contributed by atoms with E-state index in [4.69, 9.17) is 4.74 Å². The summed E-state index contributed by atoms with van der Waals surface area (Å²) in [4.78, 5) is 11.8. The third-order valence-corrected chi connectivity index (χ3v) is 3.51. The standard InChI is InChI=1S/C13H17BrN2O2/c1-18-12-7-9(14)6-11(8-12)16-13(17)15-10-4-2-3-5-10/h6-8,10H,2-5H2,1H3,(H2,15,16,17). The van der Waals surface area contributed by atoms with Crippen LogP contribution in [0.3, 0.4) is 0 Å². The van der Waals surface area contributed by atoms with Crippen LogP contribution in [-0.2, 0) is 0 Å². The monoisotopic (exact) mass is 312 g/mol. The SMILES string of the molecule is COc1cc(Br)cc(NC(=O)NC2CCCC2)c1. The highest BCUT2D eigenvalue weighted by molar-refractivity contribution is 9.10. The topological polar surface area (TPSA) is 50.4 Å². The Morgan fingerprint density at radius 3 is 2.72 bits per heavy atom. The normalized spacial score (nSPS) is 15.4. The Kier molecular flexibility index (Phi) is 4.47. The number of methoxy groups -OCH3 is 1. The molecule has 0 aromatic heterocycles. The van der Waals surface area contributed by atoms with Crippen LogP contribution in [0.5, 0.6) is 5.75 Å². The molecule has 1 aliphatic rings. The van der Waals surface area contributed by atoms with Gasteiger partial charge in [-0.3, -0.25) is 0 Å². The quantitative estimate of drug-likeness (QED) is 0.897. The summed E-state index contributed by atoms with van der Waals surface area (Å²) < 4.78 is 6.02. The maximum absolute atomic E-state index is 11.8. The van der Waals surface area contributed by atoms with Crippen LogP contribution in [0.15, 0.2) is 22.7 Å². The first-order valence-electron chi connectivity index (χ1n) is 6.09. The summed E-state index contributed by atoms with van der Waals surface area (Å²) in [6, 6.07) is 5.65. The molecule has 2 N–H and O–H groups in total. The van der Waals surface area contributed by atoms with E-state index in [1.807, 2.05) is 12.1 Å². The third-order valence-electron chi connectivity index (χ3n) is 3.06. The van der Waals surface area contributed by atoms with Crippen LogP contribution in [0.25, 0.3) is 0 Å². The van der Waals surface area contributed by atoms with Crippen LogP contribution in [0, 0.1) is 0 Å². The summed E-state index contributed by atoms with van der Waals surface area (Å²) >= 11 is 3.38. The second-order valence-electron chi connectivity index (χ2n) is 4.46. The van der Waals surface area contributed by atoms with Crippen molar-refractivity contribution in [2.75, 3.05) is 12.4 Å². The first kappa shape index (κ1) is 13.2. The first-order valence-corrected chi connectivity index (χ1v) is 6.89. The number of carbonyl (C=O) groups is 1. The lowest BCUT2D eigenvalue weighted by Gasteiger charge is -2.13. The van der Waals surface area contributed by atoms with Crippen molar-refractivity contribution in [1.29, 1.82) is 0 Å². The Labute approximate surface area is 115 Å². The predicted molar refractivity (Wildman–Crippen MR) is 75.1 cm³/mol. The second-order valence-corrected chi connectivity index (χ2v) is 5.38. The van der Waals surface area contributed by atoms with Crippen molar-refractivity contribution < 1.29 is 9.53 Å². The average molecular weight is 313 g/mol. The van der Waals surface area contributed by atoms with Crippen LogP contribution >= 0.6 is 15.9 Å². The van der Waals surface area contributed by atoms with Crippen molar-refractivity contribution in [3.05, 3.63) is 22.7 Å². The van der Waals surface area contributed by atoms with Gasteiger partial charge in [-0.15, -0.1) is 0 Å². The van der Waals surface area contributed by atoms with Crippen molar-refractivity contribution in [2.24, 2.45) is 0 Å². The summed E-state index contributed by atoms with van der Waals surface area (Å²) in [5.74, 6) is 0.709. The molecule has 5 heteroatoms. The molecular formula is C13H17BrN2O2. The molecule has 2 rings (SSSR count). The zero-order valence-corrected chi connectivity index (χ0v) is 11.9. The van der Waals surface area contributed by atoms with Crippen molar-refractivity contribution >= 4 is 27.6 Å². The van der Waals surface area contributed by atoms with Gasteiger partial charge in [-0.05, 0) is 25.0 Å². The average Bonchev–Trinajstić information content (AvgIpc) is 2.80. The molecule has 98 valence electrons. The van der Waals surface area contributed by atoms with Crippen molar-refractivity contribution in [3.8, 4) is 5.75 Å². The predicted octanol–water partition coefficient (Wildman–Crippen LogP) is 3.52. The molecule has 0 aliphatic heterocycles. The summed E-state index contributed by atoms with van der Waals surface area (Å²) in [7, 11) is 1.60. The molecule has 0 saturated heterocycles. The Morgan fingerprint density at radius 1 is 1.33 bits per heavy atom. The van der Waals surface area contributed by atoms with Crippen LogP contribution in [-0.4, -0.2) is 19.2 Å². The van der Waals surface area contributed by atoms with E-state index in [1.165, 1.54) is 12.8 Å². The Morgan fingerprint density at radius 2 is 2.06 bits per heavy atom. The molecule has 1 aliphatic carbocycles. The molecule has 0 heterocycles. The van der Waals surface area contributed by atoms with E-state index in [9.17, 15) is 4.79 Å². The molecule has 0 radical (unpaired) electrons. The van der Waals surface area contributed by atoms with Crippen LogP contribution in [0.1, 0.15) is 25.7 Å². The fraction of sp³-hybridized carbons (Fsp3) is 0.462. The molecule has 0 spiro atoms. The molecule has 2 amide bonds. The van der Waals surface area contributed by atoms with Gasteiger partial charge in [-0.25, -0.2) is 4.79 Å². The number of amides is 2. The molecule has 1 saturated carbocycles. The Bertz CT molecular complexity index is 431. The number of hydrogen-bond donors (Lipinski definition) is 2. The highest BCUT2D eigenvalue weighted by Crippen LogP contribution is 2.24. The van der Waals surface area contributed by atoms with E-state index in [0.29, 0.717) is 11.8 Å². The second kappa shape index (κ2) is 6.09. The number of urea groups is 1. The fourth-order valence-electron chi connectivity index (χ4n) is 2.18. The number of nitrogens with one attached hydrogen (secondary N) is 2. The third kappa shape index (κ3) is 3.63. The van der Waals surface area contributed by atoms with Gasteiger partial charge in [0.25, 0.3) is 0 Å². The van der Waals surface area contributed by atoms with E-state index in [-0.39, 0.29) is 6.03 Å². The van der Waals surface area contributed by atoms with E-state index in [0.717, 1.165) is 23.0 Å². The van der Waals surface area contributed by atoms with E-state index >= 15 is 0 Å². The van der Waals surface area contributed by atoms with Crippen molar-refractivity contribution in [1.82, 2.24) is 5.32 Å². The minimum atomic E-state index is -0.151. The minimum absolute atomic E-state index is 0.151. The summed E-state index contributed by atoms with van der Waals surface area (Å²) in [6.45, 7) is 0. The van der Waals surface area contributed by atoms with Gasteiger partial charge in [-0.1, -0.05) is 28.8 Å². The summed E-state index contributed by atoms with van der Waals surface area (Å²) in [5, 5.41) is 5.80. The molecule has 1 fully saturated rings. The number of halogens is 1. The Balaban J connectivity index is 1.95. The number of carbonyl (C=O) groups excluding carboxylic acids is 1. The molecule has 0 bridgehead atoms.